The van der Waals surface area contributed by atoms with Gasteiger partial charge in [0.05, 0.1) is 11.4 Å². The highest BCUT2D eigenvalue weighted by Gasteiger charge is 2.14. The highest BCUT2D eigenvalue weighted by atomic mass is 15.4. The number of aryl methyl sites for hydroxylation is 3. The quantitative estimate of drug-likeness (QED) is 0.670. The SMILES string of the molecule is CCC(C)Cc1nc(CCn2ccc(C)n2)n(-c2ccncc2)n1. The highest BCUT2D eigenvalue weighted by Crippen LogP contribution is 2.14. The third-order valence-electron chi connectivity index (χ3n) is 4.19. The fraction of sp³-hybridized carbons (Fsp3) is 0.444. The van der Waals surface area contributed by atoms with Crippen LogP contribution >= 0.6 is 0 Å². The molecule has 6 nitrogen and oxygen atoms in total. The second kappa shape index (κ2) is 7.38. The van der Waals surface area contributed by atoms with E-state index in [0.717, 1.165) is 48.8 Å². The van der Waals surface area contributed by atoms with Gasteiger partial charge in [0.25, 0.3) is 0 Å². The van der Waals surface area contributed by atoms with Crippen molar-refractivity contribution in [1.29, 1.82) is 0 Å². The molecule has 0 spiro atoms. The summed E-state index contributed by atoms with van der Waals surface area (Å²) in [5, 5.41) is 9.18. The number of aromatic nitrogens is 6. The predicted octanol–water partition coefficient (Wildman–Crippen LogP) is 3.00. The molecule has 0 N–H and O–H groups in total. The molecule has 24 heavy (non-hydrogen) atoms. The van der Waals surface area contributed by atoms with E-state index in [1.165, 1.54) is 0 Å². The third-order valence-corrected chi connectivity index (χ3v) is 4.19. The fourth-order valence-electron chi connectivity index (χ4n) is 2.59. The molecule has 0 bridgehead atoms. The average molecular weight is 324 g/mol. The molecular weight excluding hydrogens is 300 g/mol. The van der Waals surface area contributed by atoms with Crippen LogP contribution in [-0.2, 0) is 19.4 Å². The van der Waals surface area contributed by atoms with E-state index in [1.807, 2.05) is 40.7 Å². The Labute approximate surface area is 142 Å². The largest absolute Gasteiger partial charge is 0.272 e. The Hall–Kier alpha value is -2.50. The van der Waals surface area contributed by atoms with Gasteiger partial charge in [-0.05, 0) is 31.0 Å². The Morgan fingerprint density at radius 2 is 1.92 bits per heavy atom. The number of hydrogen-bond donors (Lipinski definition) is 0. The molecule has 0 aromatic carbocycles. The van der Waals surface area contributed by atoms with Crippen LogP contribution in [0.3, 0.4) is 0 Å². The topological polar surface area (TPSA) is 61.4 Å². The van der Waals surface area contributed by atoms with Gasteiger partial charge in [0.2, 0.25) is 0 Å². The molecule has 0 aliphatic carbocycles. The van der Waals surface area contributed by atoms with Crippen molar-refractivity contribution in [3.8, 4) is 5.69 Å². The van der Waals surface area contributed by atoms with E-state index in [1.54, 1.807) is 12.4 Å². The van der Waals surface area contributed by atoms with E-state index in [0.29, 0.717) is 5.92 Å². The van der Waals surface area contributed by atoms with Gasteiger partial charge < -0.3 is 0 Å². The van der Waals surface area contributed by atoms with Crippen molar-refractivity contribution < 1.29 is 0 Å². The van der Waals surface area contributed by atoms with E-state index in [-0.39, 0.29) is 0 Å². The summed E-state index contributed by atoms with van der Waals surface area (Å²) in [4.78, 5) is 8.88. The Balaban J connectivity index is 1.84. The van der Waals surface area contributed by atoms with Gasteiger partial charge in [0, 0.05) is 38.0 Å². The monoisotopic (exact) mass is 324 g/mol. The first-order valence-electron chi connectivity index (χ1n) is 8.51. The lowest BCUT2D eigenvalue weighted by molar-refractivity contribution is 0.542. The van der Waals surface area contributed by atoms with Crippen molar-refractivity contribution in [2.24, 2.45) is 5.92 Å². The van der Waals surface area contributed by atoms with Crippen molar-refractivity contribution in [2.75, 3.05) is 0 Å². The van der Waals surface area contributed by atoms with Crippen LogP contribution in [-0.4, -0.2) is 29.5 Å². The van der Waals surface area contributed by atoms with Gasteiger partial charge in [0.1, 0.15) is 5.82 Å². The normalized spacial score (nSPS) is 12.5. The summed E-state index contributed by atoms with van der Waals surface area (Å²) in [5.74, 6) is 2.46. The Kier molecular flexibility index (Phi) is 5.03. The molecule has 0 amide bonds. The zero-order valence-corrected chi connectivity index (χ0v) is 14.6. The summed E-state index contributed by atoms with van der Waals surface area (Å²) in [5.41, 5.74) is 2.03. The first kappa shape index (κ1) is 16.4. The lowest BCUT2D eigenvalue weighted by atomic mass is 10.1. The van der Waals surface area contributed by atoms with Crippen molar-refractivity contribution in [3.05, 3.63) is 54.1 Å². The standard InChI is InChI=1S/C18H24N6/c1-4-14(2)13-17-20-18(8-12-23-11-7-15(3)21-23)24(22-17)16-5-9-19-10-6-16/h5-7,9-11,14H,4,8,12-13H2,1-3H3. The van der Waals surface area contributed by atoms with Gasteiger partial charge in [0.15, 0.2) is 5.82 Å². The summed E-state index contributed by atoms with van der Waals surface area (Å²) in [6.45, 7) is 7.23. The summed E-state index contributed by atoms with van der Waals surface area (Å²) >= 11 is 0. The van der Waals surface area contributed by atoms with Crippen molar-refractivity contribution in [1.82, 2.24) is 29.5 Å². The zero-order valence-electron chi connectivity index (χ0n) is 14.6. The van der Waals surface area contributed by atoms with Crippen molar-refractivity contribution in [2.45, 2.75) is 46.6 Å². The van der Waals surface area contributed by atoms with Crippen LogP contribution < -0.4 is 0 Å². The number of hydrogen-bond acceptors (Lipinski definition) is 4. The molecule has 1 unspecified atom stereocenters. The van der Waals surface area contributed by atoms with Crippen LogP contribution in [0.5, 0.6) is 0 Å². The van der Waals surface area contributed by atoms with E-state index >= 15 is 0 Å². The summed E-state index contributed by atoms with van der Waals surface area (Å²) in [7, 11) is 0. The summed E-state index contributed by atoms with van der Waals surface area (Å²) in [6, 6.07) is 5.94. The first-order chi connectivity index (χ1) is 11.7. The van der Waals surface area contributed by atoms with Gasteiger partial charge in [-0.15, -0.1) is 0 Å². The number of rotatable bonds is 7. The number of nitrogens with zero attached hydrogens (tertiary/aromatic N) is 6. The smallest absolute Gasteiger partial charge is 0.151 e. The number of pyridine rings is 1. The van der Waals surface area contributed by atoms with Crippen molar-refractivity contribution >= 4 is 0 Å². The molecule has 0 fully saturated rings. The Morgan fingerprint density at radius 3 is 2.58 bits per heavy atom. The Bertz CT molecular complexity index is 774. The lowest BCUT2D eigenvalue weighted by Crippen LogP contribution is -2.08. The molecule has 3 heterocycles. The molecule has 0 radical (unpaired) electrons. The average Bonchev–Trinajstić information content (AvgIpc) is 3.19. The van der Waals surface area contributed by atoms with Crippen LogP contribution in [0, 0.1) is 12.8 Å². The third kappa shape index (κ3) is 3.88. The molecular formula is C18H24N6. The zero-order chi connectivity index (χ0) is 16.9. The van der Waals surface area contributed by atoms with E-state index in [2.05, 4.69) is 23.9 Å². The predicted molar refractivity (Wildman–Crippen MR) is 93.0 cm³/mol. The maximum Gasteiger partial charge on any atom is 0.151 e. The molecule has 6 heteroatoms. The summed E-state index contributed by atoms with van der Waals surface area (Å²) < 4.78 is 3.89. The lowest BCUT2D eigenvalue weighted by Gasteiger charge is -2.05. The Morgan fingerprint density at radius 1 is 1.12 bits per heavy atom. The minimum Gasteiger partial charge on any atom is -0.272 e. The van der Waals surface area contributed by atoms with Crippen LogP contribution in [0.1, 0.15) is 37.6 Å². The molecule has 3 aromatic heterocycles. The summed E-state index contributed by atoms with van der Waals surface area (Å²) in [6.07, 6.45) is 8.39. The molecule has 3 rings (SSSR count). The van der Waals surface area contributed by atoms with Gasteiger partial charge in [-0.25, -0.2) is 9.67 Å². The van der Waals surface area contributed by atoms with Crippen LogP contribution in [0.25, 0.3) is 5.69 Å². The van der Waals surface area contributed by atoms with Crippen LogP contribution in [0.15, 0.2) is 36.8 Å². The second-order valence-electron chi connectivity index (χ2n) is 6.25. The van der Waals surface area contributed by atoms with Gasteiger partial charge >= 0.3 is 0 Å². The molecule has 3 aromatic rings. The van der Waals surface area contributed by atoms with Crippen molar-refractivity contribution in [3.63, 3.8) is 0 Å². The molecule has 0 saturated carbocycles. The van der Waals surface area contributed by atoms with Gasteiger partial charge in [-0.2, -0.15) is 10.2 Å². The minimum absolute atomic E-state index is 0.583. The second-order valence-corrected chi connectivity index (χ2v) is 6.25. The molecule has 0 aliphatic rings. The minimum atomic E-state index is 0.583. The molecule has 0 saturated heterocycles. The van der Waals surface area contributed by atoms with E-state index < -0.39 is 0 Å². The highest BCUT2D eigenvalue weighted by molar-refractivity contribution is 5.29. The molecule has 126 valence electrons. The van der Waals surface area contributed by atoms with Crippen LogP contribution in [0.2, 0.25) is 0 Å². The van der Waals surface area contributed by atoms with Crippen LogP contribution in [0.4, 0.5) is 0 Å². The van der Waals surface area contributed by atoms with E-state index in [4.69, 9.17) is 10.1 Å². The van der Waals surface area contributed by atoms with E-state index in [9.17, 15) is 0 Å². The maximum absolute atomic E-state index is 4.79. The maximum atomic E-state index is 4.79. The van der Waals surface area contributed by atoms with Gasteiger partial charge in [-0.1, -0.05) is 20.3 Å². The fourth-order valence-corrected chi connectivity index (χ4v) is 2.59. The van der Waals surface area contributed by atoms with Gasteiger partial charge in [-0.3, -0.25) is 9.67 Å². The molecule has 1 atom stereocenters. The first-order valence-corrected chi connectivity index (χ1v) is 8.51. The molecule has 0 aliphatic heterocycles.